The molecule has 5 rings (SSSR count). The molecule has 44 heavy (non-hydrogen) atoms. The molecule has 0 bridgehead atoms. The number of aromatic nitrogens is 3. The van der Waals surface area contributed by atoms with Crippen molar-refractivity contribution in [3.05, 3.63) is 76.7 Å². The van der Waals surface area contributed by atoms with Gasteiger partial charge in [0.1, 0.15) is 17.3 Å². The van der Waals surface area contributed by atoms with Gasteiger partial charge in [-0.1, -0.05) is 41.9 Å². The molecule has 0 fully saturated rings. The zero-order chi connectivity index (χ0) is 31.6. The van der Waals surface area contributed by atoms with Crippen LogP contribution in [0, 0.1) is 5.82 Å². The Balaban J connectivity index is 1.47. The van der Waals surface area contributed by atoms with E-state index in [0.29, 0.717) is 45.7 Å². The van der Waals surface area contributed by atoms with Crippen molar-refractivity contribution in [2.45, 2.75) is 63.9 Å². The number of nitrogens with one attached hydrogen (secondary N) is 2. The average molecular weight is 641 g/mol. The monoisotopic (exact) mass is 640 g/mol. The van der Waals surface area contributed by atoms with Gasteiger partial charge in [-0.15, -0.1) is 0 Å². The summed E-state index contributed by atoms with van der Waals surface area (Å²) in [5, 5.41) is 9.47. The summed E-state index contributed by atoms with van der Waals surface area (Å²) in [5.74, 6) is -0.836. The molecule has 2 aromatic heterocycles. The Bertz CT molecular complexity index is 1810. The molecule has 0 saturated carbocycles. The molecular weight excluding hydrogens is 603 g/mol. The number of hydrogen-bond donors (Lipinski definition) is 3. The van der Waals surface area contributed by atoms with Crippen LogP contribution in [-0.2, 0) is 20.5 Å². The molecule has 2 heterocycles. The van der Waals surface area contributed by atoms with Gasteiger partial charge in [-0.05, 0) is 69.4 Å². The number of hydrogen-bond acceptors (Lipinski definition) is 7. The molecule has 4 N–H and O–H groups in total. The number of allylic oxidation sites excluding steroid dienone is 1. The Labute approximate surface area is 262 Å². The van der Waals surface area contributed by atoms with Crippen molar-refractivity contribution in [1.29, 1.82) is 0 Å². The lowest BCUT2D eigenvalue weighted by Crippen LogP contribution is -2.39. The van der Waals surface area contributed by atoms with E-state index in [4.69, 9.17) is 27.2 Å². The molecular formula is C32H38ClFN6O3S. The van der Waals surface area contributed by atoms with E-state index in [1.807, 2.05) is 18.5 Å². The molecule has 1 aliphatic carbocycles. The number of rotatable bonds is 11. The second-order valence-corrected chi connectivity index (χ2v) is 13.7. The zero-order valence-corrected chi connectivity index (χ0v) is 26.8. The van der Waals surface area contributed by atoms with E-state index in [-0.39, 0.29) is 23.5 Å². The smallest absolute Gasteiger partial charge is 0.237 e. The maximum Gasteiger partial charge on any atom is 0.237 e. The molecule has 0 aliphatic heterocycles. The quantitative estimate of drug-likeness (QED) is 0.170. The number of nitrogens with zero attached hydrogens (tertiary/aromatic N) is 3. The van der Waals surface area contributed by atoms with Crippen LogP contribution in [0.2, 0.25) is 5.02 Å². The van der Waals surface area contributed by atoms with Crippen LogP contribution in [-0.4, -0.2) is 49.0 Å². The molecule has 9 nitrogen and oxygen atoms in total. The molecule has 2 unspecified atom stereocenters. The van der Waals surface area contributed by atoms with E-state index in [2.05, 4.69) is 28.0 Å². The first-order valence-corrected chi connectivity index (χ1v) is 16.6. The highest BCUT2D eigenvalue weighted by molar-refractivity contribution is 7.91. The van der Waals surface area contributed by atoms with Crippen molar-refractivity contribution in [3.8, 4) is 11.3 Å². The van der Waals surface area contributed by atoms with Crippen LogP contribution in [0.25, 0.3) is 27.7 Å². The second kappa shape index (κ2) is 13.2. The highest BCUT2D eigenvalue weighted by atomic mass is 35.5. The summed E-state index contributed by atoms with van der Waals surface area (Å²) >= 11 is 6.13. The molecule has 2 atom stereocenters. The number of methoxy groups -OCH3 is 1. The van der Waals surface area contributed by atoms with Crippen molar-refractivity contribution in [2.24, 2.45) is 0 Å². The Morgan fingerprint density at radius 1 is 1.20 bits per heavy atom. The summed E-state index contributed by atoms with van der Waals surface area (Å²) in [6, 6.07) is 11.5. The Morgan fingerprint density at radius 2 is 1.98 bits per heavy atom. The fourth-order valence-corrected chi connectivity index (χ4v) is 7.22. The lowest BCUT2D eigenvalue weighted by molar-refractivity contribution is 0.165. The molecule has 0 spiro atoms. The minimum atomic E-state index is -3.93. The van der Waals surface area contributed by atoms with E-state index in [0.717, 1.165) is 30.3 Å². The summed E-state index contributed by atoms with van der Waals surface area (Å²) in [4.78, 5) is 4.52. The standard InChI is InChI=1S/C32H38ClFN6O3S/c1-19(2)40-31-25(21-9-12-24(13-10-21)37-20(3)17-43-4)16-36-32(35)29(31)30(38-40)22-11-14-28(27(34)15-22)39-44(41,42)18-23-7-5-6-8-26(23)33/h5-9,11,14-16,19-20,24,37,39H,10,12-13,17-18H2,1-4H3,(H2,35,36). The van der Waals surface area contributed by atoms with Gasteiger partial charge in [0.25, 0.3) is 0 Å². The summed E-state index contributed by atoms with van der Waals surface area (Å²) in [6.45, 7) is 6.83. The maximum absolute atomic E-state index is 15.4. The number of ether oxygens (including phenoxy) is 1. The number of nitrogen functional groups attached to an aromatic ring is 1. The van der Waals surface area contributed by atoms with Gasteiger partial charge < -0.3 is 15.8 Å². The third-order valence-corrected chi connectivity index (χ3v) is 9.34. The number of benzene rings is 2. The molecule has 1 aliphatic rings. The second-order valence-electron chi connectivity index (χ2n) is 11.5. The van der Waals surface area contributed by atoms with E-state index in [1.54, 1.807) is 43.6 Å². The number of fused-ring (bicyclic) bond motifs is 1. The normalized spacial score (nSPS) is 16.3. The van der Waals surface area contributed by atoms with Crippen LogP contribution >= 0.6 is 11.6 Å². The van der Waals surface area contributed by atoms with E-state index in [1.165, 1.54) is 17.7 Å². The Kier molecular flexibility index (Phi) is 9.59. The topological polar surface area (TPSA) is 124 Å². The van der Waals surface area contributed by atoms with Crippen LogP contribution in [0.15, 0.2) is 54.7 Å². The van der Waals surface area contributed by atoms with Crippen LogP contribution in [0.5, 0.6) is 0 Å². The SMILES string of the molecule is COCC(C)NC1CC=C(c2cnc(N)c3c(-c4ccc(NS(=O)(=O)Cc5ccccc5Cl)c(F)c4)nn(C(C)C)c23)CC1. The molecule has 0 saturated heterocycles. The number of nitrogens with two attached hydrogens (primary N) is 1. The van der Waals surface area contributed by atoms with Crippen molar-refractivity contribution < 1.29 is 17.5 Å². The van der Waals surface area contributed by atoms with Crippen molar-refractivity contribution in [2.75, 3.05) is 24.2 Å². The zero-order valence-electron chi connectivity index (χ0n) is 25.3. The lowest BCUT2D eigenvalue weighted by Gasteiger charge is -2.26. The van der Waals surface area contributed by atoms with Crippen LogP contribution in [0.4, 0.5) is 15.9 Å². The fraction of sp³-hybridized carbons (Fsp3) is 0.375. The Morgan fingerprint density at radius 3 is 2.64 bits per heavy atom. The third kappa shape index (κ3) is 6.91. The summed E-state index contributed by atoms with van der Waals surface area (Å²) in [7, 11) is -2.23. The first-order chi connectivity index (χ1) is 21.0. The molecule has 2 aromatic carbocycles. The van der Waals surface area contributed by atoms with Crippen LogP contribution in [0.1, 0.15) is 57.2 Å². The highest BCUT2D eigenvalue weighted by Gasteiger charge is 2.25. The summed E-state index contributed by atoms with van der Waals surface area (Å²) < 4.78 is 50.6. The van der Waals surface area contributed by atoms with Crippen molar-refractivity contribution in [3.63, 3.8) is 0 Å². The molecule has 0 radical (unpaired) electrons. The minimum absolute atomic E-state index is 0.0129. The largest absolute Gasteiger partial charge is 0.383 e. The predicted molar refractivity (Wildman–Crippen MR) is 176 cm³/mol. The molecule has 12 heteroatoms. The molecule has 4 aromatic rings. The van der Waals surface area contributed by atoms with E-state index < -0.39 is 15.8 Å². The van der Waals surface area contributed by atoms with E-state index >= 15 is 4.39 Å². The Hall–Kier alpha value is -3.51. The van der Waals surface area contributed by atoms with Gasteiger partial charge in [-0.3, -0.25) is 9.40 Å². The van der Waals surface area contributed by atoms with Crippen molar-refractivity contribution >= 4 is 49.6 Å². The summed E-state index contributed by atoms with van der Waals surface area (Å²) in [6.07, 6.45) is 6.74. The molecule has 0 amide bonds. The minimum Gasteiger partial charge on any atom is -0.383 e. The lowest BCUT2D eigenvalue weighted by atomic mass is 9.90. The number of anilines is 2. The maximum atomic E-state index is 15.4. The third-order valence-electron chi connectivity index (χ3n) is 7.75. The summed E-state index contributed by atoms with van der Waals surface area (Å²) in [5.41, 5.74) is 10.6. The van der Waals surface area contributed by atoms with Gasteiger partial charge in [0.2, 0.25) is 10.0 Å². The first kappa shape index (κ1) is 31.9. The van der Waals surface area contributed by atoms with E-state index in [9.17, 15) is 8.42 Å². The van der Waals surface area contributed by atoms with Crippen molar-refractivity contribution in [1.82, 2.24) is 20.1 Å². The van der Waals surface area contributed by atoms with Gasteiger partial charge in [-0.2, -0.15) is 5.10 Å². The molecule has 234 valence electrons. The number of sulfonamides is 1. The average Bonchev–Trinajstić information content (AvgIpc) is 3.38. The van der Waals surface area contributed by atoms with Gasteiger partial charge in [0.15, 0.2) is 0 Å². The number of halogens is 2. The number of pyridine rings is 1. The highest BCUT2D eigenvalue weighted by Crippen LogP contribution is 2.39. The van der Waals surface area contributed by atoms with Gasteiger partial charge in [-0.25, -0.2) is 17.8 Å². The van der Waals surface area contributed by atoms with Crippen LogP contribution in [0.3, 0.4) is 0 Å². The predicted octanol–water partition coefficient (Wildman–Crippen LogP) is 6.56. The van der Waals surface area contributed by atoms with Gasteiger partial charge in [0.05, 0.1) is 29.0 Å². The van der Waals surface area contributed by atoms with Gasteiger partial charge in [0, 0.05) is 47.6 Å². The van der Waals surface area contributed by atoms with Gasteiger partial charge >= 0.3 is 0 Å². The first-order valence-electron chi connectivity index (χ1n) is 14.6. The van der Waals surface area contributed by atoms with Crippen LogP contribution < -0.4 is 15.8 Å². The fourth-order valence-electron chi connectivity index (χ4n) is 5.71.